The average molecular weight is 273 g/mol. The second-order valence-corrected chi connectivity index (χ2v) is 6.62. The Labute approximate surface area is 121 Å². The zero-order valence-electron chi connectivity index (χ0n) is 12.8. The fraction of sp³-hybridized carbons (Fsp3) is 0.625. The van der Waals surface area contributed by atoms with E-state index in [9.17, 15) is 10.4 Å². The predicted molar refractivity (Wildman–Crippen MR) is 79.7 cm³/mol. The first-order chi connectivity index (χ1) is 9.32. The molecule has 0 spiro atoms. The topological polar surface area (TPSA) is 60.2 Å². The summed E-state index contributed by atoms with van der Waals surface area (Å²) in [6, 6.07) is 4.22. The summed E-state index contributed by atoms with van der Waals surface area (Å²) in [4.78, 5) is 6.74. The maximum absolute atomic E-state index is 10.0. The number of nitrogens with zero attached hydrogens (tertiary/aromatic N) is 3. The molecule has 1 atom stereocenters. The zero-order valence-corrected chi connectivity index (χ0v) is 12.8. The first kappa shape index (κ1) is 14.8. The van der Waals surface area contributed by atoms with Crippen LogP contribution in [0.3, 0.4) is 0 Å². The molecule has 0 aromatic carbocycles. The minimum atomic E-state index is -0.272. The Kier molecular flexibility index (Phi) is 4.01. The van der Waals surface area contributed by atoms with Crippen molar-refractivity contribution < 1.29 is 5.11 Å². The second-order valence-electron chi connectivity index (χ2n) is 6.62. The van der Waals surface area contributed by atoms with E-state index in [1.165, 1.54) is 0 Å². The van der Waals surface area contributed by atoms with Crippen LogP contribution in [-0.2, 0) is 0 Å². The van der Waals surface area contributed by atoms with Crippen molar-refractivity contribution in [2.75, 3.05) is 18.0 Å². The Morgan fingerprint density at radius 2 is 2.15 bits per heavy atom. The van der Waals surface area contributed by atoms with Crippen molar-refractivity contribution in [1.82, 2.24) is 4.98 Å². The van der Waals surface area contributed by atoms with Crippen LogP contribution in [0.25, 0.3) is 0 Å². The van der Waals surface area contributed by atoms with Crippen LogP contribution in [0.1, 0.15) is 43.5 Å². The van der Waals surface area contributed by atoms with Gasteiger partial charge in [0.15, 0.2) is 0 Å². The molecule has 1 aliphatic rings. The Hall–Kier alpha value is -1.60. The van der Waals surface area contributed by atoms with Crippen molar-refractivity contribution in [2.24, 2.45) is 5.41 Å². The predicted octanol–water partition coefficient (Wildman–Crippen LogP) is 2.56. The smallest absolute Gasteiger partial charge is 0.147 e. The number of aromatic nitrogens is 1. The molecule has 0 saturated carbocycles. The van der Waals surface area contributed by atoms with Gasteiger partial charge in [0.1, 0.15) is 11.9 Å². The van der Waals surface area contributed by atoms with Gasteiger partial charge in [-0.15, -0.1) is 0 Å². The quantitative estimate of drug-likeness (QED) is 0.854. The van der Waals surface area contributed by atoms with E-state index >= 15 is 0 Å². The van der Waals surface area contributed by atoms with E-state index in [0.717, 1.165) is 43.0 Å². The van der Waals surface area contributed by atoms with Gasteiger partial charge in [-0.1, -0.05) is 13.8 Å². The number of rotatable bonds is 1. The SMILES string of the molecule is Cc1cc(C)c(C#N)c(N2CCC(O)CC(C)(C)C2)n1. The first-order valence-electron chi connectivity index (χ1n) is 7.14. The maximum atomic E-state index is 10.0. The lowest BCUT2D eigenvalue weighted by atomic mass is 9.87. The molecule has 1 N–H and O–H groups in total. The molecular weight excluding hydrogens is 250 g/mol. The summed E-state index contributed by atoms with van der Waals surface area (Å²) >= 11 is 0. The van der Waals surface area contributed by atoms with Crippen molar-refractivity contribution in [2.45, 2.75) is 46.6 Å². The van der Waals surface area contributed by atoms with Crippen LogP contribution in [0.5, 0.6) is 0 Å². The molecule has 1 aliphatic heterocycles. The van der Waals surface area contributed by atoms with Gasteiger partial charge in [-0.2, -0.15) is 5.26 Å². The molecule has 0 aliphatic carbocycles. The van der Waals surface area contributed by atoms with Crippen molar-refractivity contribution in [3.8, 4) is 6.07 Å². The molecule has 20 heavy (non-hydrogen) atoms. The molecule has 1 fully saturated rings. The van der Waals surface area contributed by atoms with E-state index < -0.39 is 0 Å². The lowest BCUT2D eigenvalue weighted by molar-refractivity contribution is 0.123. The number of aliphatic hydroxyl groups is 1. The minimum absolute atomic E-state index is 0.0158. The Bertz CT molecular complexity index is 545. The summed E-state index contributed by atoms with van der Waals surface area (Å²) in [5.74, 6) is 0.771. The number of hydrogen-bond acceptors (Lipinski definition) is 4. The van der Waals surface area contributed by atoms with Crippen molar-refractivity contribution in [3.63, 3.8) is 0 Å². The Morgan fingerprint density at radius 3 is 2.80 bits per heavy atom. The standard InChI is InChI=1S/C16H23N3O/c1-11-7-12(2)18-15(14(11)9-17)19-6-5-13(20)8-16(3,4)10-19/h7,13,20H,5-6,8,10H2,1-4H3. The average Bonchev–Trinajstić information content (AvgIpc) is 2.45. The van der Waals surface area contributed by atoms with E-state index in [1.54, 1.807) is 0 Å². The number of pyridine rings is 1. The highest BCUT2D eigenvalue weighted by atomic mass is 16.3. The molecule has 108 valence electrons. The Balaban J connectivity index is 2.43. The van der Waals surface area contributed by atoms with Gasteiger partial charge >= 0.3 is 0 Å². The van der Waals surface area contributed by atoms with Gasteiger partial charge in [-0.25, -0.2) is 4.98 Å². The van der Waals surface area contributed by atoms with E-state index in [4.69, 9.17) is 0 Å². The third-order valence-electron chi connectivity index (χ3n) is 3.88. The van der Waals surface area contributed by atoms with Crippen LogP contribution < -0.4 is 4.90 Å². The number of aliphatic hydroxyl groups excluding tert-OH is 1. The van der Waals surface area contributed by atoms with Crippen molar-refractivity contribution in [3.05, 3.63) is 22.9 Å². The number of anilines is 1. The fourth-order valence-corrected chi connectivity index (χ4v) is 3.07. The molecule has 4 heteroatoms. The van der Waals surface area contributed by atoms with Crippen molar-refractivity contribution in [1.29, 1.82) is 5.26 Å². The van der Waals surface area contributed by atoms with Gasteiger partial charge in [0.2, 0.25) is 0 Å². The van der Waals surface area contributed by atoms with Crippen LogP contribution in [0.2, 0.25) is 0 Å². The van der Waals surface area contributed by atoms with E-state index in [0.29, 0.717) is 5.56 Å². The molecule has 1 aromatic rings. The summed E-state index contributed by atoms with van der Waals surface area (Å²) < 4.78 is 0. The molecule has 4 nitrogen and oxygen atoms in total. The van der Waals surface area contributed by atoms with Gasteiger partial charge < -0.3 is 10.0 Å². The summed E-state index contributed by atoms with van der Waals surface area (Å²) in [6.07, 6.45) is 1.24. The monoisotopic (exact) mass is 273 g/mol. The summed E-state index contributed by atoms with van der Waals surface area (Å²) in [5.41, 5.74) is 2.57. The second kappa shape index (κ2) is 5.41. The van der Waals surface area contributed by atoms with Crippen LogP contribution in [0, 0.1) is 30.6 Å². The highest BCUT2D eigenvalue weighted by molar-refractivity contribution is 5.58. The highest BCUT2D eigenvalue weighted by Gasteiger charge is 2.30. The summed E-state index contributed by atoms with van der Waals surface area (Å²) in [5, 5.41) is 19.4. The summed E-state index contributed by atoms with van der Waals surface area (Å²) in [7, 11) is 0. The third kappa shape index (κ3) is 3.10. The van der Waals surface area contributed by atoms with E-state index in [2.05, 4.69) is 29.8 Å². The lowest BCUT2D eigenvalue weighted by Gasteiger charge is -2.31. The van der Waals surface area contributed by atoms with Crippen LogP contribution >= 0.6 is 0 Å². The minimum Gasteiger partial charge on any atom is -0.393 e. The van der Waals surface area contributed by atoms with Gasteiger partial charge in [-0.05, 0) is 43.7 Å². The molecule has 1 aromatic heterocycles. The van der Waals surface area contributed by atoms with Crippen LogP contribution in [0.4, 0.5) is 5.82 Å². The molecule has 2 rings (SSSR count). The fourth-order valence-electron chi connectivity index (χ4n) is 3.07. The van der Waals surface area contributed by atoms with Gasteiger partial charge in [0, 0.05) is 18.8 Å². The van der Waals surface area contributed by atoms with Crippen LogP contribution in [0.15, 0.2) is 6.07 Å². The number of hydrogen-bond donors (Lipinski definition) is 1. The highest BCUT2D eigenvalue weighted by Crippen LogP contribution is 2.32. The van der Waals surface area contributed by atoms with Gasteiger partial charge in [0.25, 0.3) is 0 Å². The van der Waals surface area contributed by atoms with E-state index in [-0.39, 0.29) is 11.5 Å². The lowest BCUT2D eigenvalue weighted by Crippen LogP contribution is -2.34. The van der Waals surface area contributed by atoms with E-state index in [1.807, 2.05) is 19.9 Å². The third-order valence-corrected chi connectivity index (χ3v) is 3.88. The van der Waals surface area contributed by atoms with Gasteiger partial charge in [0.05, 0.1) is 11.7 Å². The maximum Gasteiger partial charge on any atom is 0.147 e. The van der Waals surface area contributed by atoms with Gasteiger partial charge in [-0.3, -0.25) is 0 Å². The van der Waals surface area contributed by atoms with Crippen LogP contribution in [-0.4, -0.2) is 29.3 Å². The van der Waals surface area contributed by atoms with Crippen molar-refractivity contribution >= 4 is 5.82 Å². The molecule has 0 bridgehead atoms. The summed E-state index contributed by atoms with van der Waals surface area (Å²) in [6.45, 7) is 9.78. The molecule has 1 unspecified atom stereocenters. The molecule has 2 heterocycles. The Morgan fingerprint density at radius 1 is 1.45 bits per heavy atom. The molecule has 1 saturated heterocycles. The zero-order chi connectivity index (χ0) is 14.9. The largest absolute Gasteiger partial charge is 0.393 e. The molecule has 0 radical (unpaired) electrons. The molecule has 0 amide bonds. The number of aryl methyl sites for hydroxylation is 2. The normalized spacial score (nSPS) is 22.2. The first-order valence-corrected chi connectivity index (χ1v) is 7.14. The number of nitriles is 1. The molecular formula is C16H23N3O.